The number of likely N-dealkylation sites (tertiary alicyclic amines) is 1. The first-order chi connectivity index (χ1) is 12.5. The van der Waals surface area contributed by atoms with Gasteiger partial charge in [0.15, 0.2) is 5.82 Å². The number of rotatable bonds is 2. The SMILES string of the molecule is C[C@@H]1CCN(C(=O)Nc2ccc(F)c(-c3nc4ncc(Cl)cn4n3)c2)C1. The fraction of sp³-hybridized carbons (Fsp3) is 0.294. The summed E-state index contributed by atoms with van der Waals surface area (Å²) in [6.07, 6.45) is 3.97. The quantitative estimate of drug-likeness (QED) is 0.745. The van der Waals surface area contributed by atoms with Crippen LogP contribution in [0.25, 0.3) is 17.2 Å². The van der Waals surface area contributed by atoms with E-state index in [1.165, 1.54) is 28.9 Å². The molecule has 1 saturated heterocycles. The molecular weight excluding hydrogens is 359 g/mol. The molecule has 1 N–H and O–H groups in total. The molecule has 0 saturated carbocycles. The van der Waals surface area contributed by atoms with Gasteiger partial charge in [0.2, 0.25) is 0 Å². The summed E-state index contributed by atoms with van der Waals surface area (Å²) in [5.74, 6) is 0.485. The minimum absolute atomic E-state index is 0.170. The molecule has 0 aliphatic carbocycles. The maximum atomic E-state index is 14.3. The number of halogens is 2. The average molecular weight is 375 g/mol. The summed E-state index contributed by atoms with van der Waals surface area (Å²) in [4.78, 5) is 22.3. The number of nitrogens with zero attached hydrogens (tertiary/aromatic N) is 5. The first-order valence-corrected chi connectivity index (χ1v) is 8.61. The molecule has 4 rings (SSSR count). The molecule has 2 aromatic heterocycles. The summed E-state index contributed by atoms with van der Waals surface area (Å²) >= 11 is 5.88. The number of urea groups is 1. The molecule has 7 nitrogen and oxygen atoms in total. The van der Waals surface area contributed by atoms with Crippen molar-refractivity contribution in [1.82, 2.24) is 24.5 Å². The molecule has 0 spiro atoms. The van der Waals surface area contributed by atoms with Gasteiger partial charge in [0.25, 0.3) is 5.78 Å². The summed E-state index contributed by atoms with van der Waals surface area (Å²) in [6, 6.07) is 4.12. The second-order valence-corrected chi connectivity index (χ2v) is 6.85. The average Bonchev–Trinajstić information content (AvgIpc) is 3.22. The molecule has 0 radical (unpaired) electrons. The molecule has 134 valence electrons. The fourth-order valence-corrected chi connectivity index (χ4v) is 3.11. The molecule has 1 aromatic carbocycles. The lowest BCUT2D eigenvalue weighted by Crippen LogP contribution is -2.32. The summed E-state index contributed by atoms with van der Waals surface area (Å²) in [5, 5.41) is 7.41. The van der Waals surface area contributed by atoms with Gasteiger partial charge in [-0.15, -0.1) is 5.10 Å². The van der Waals surface area contributed by atoms with Crippen molar-refractivity contribution in [2.45, 2.75) is 13.3 Å². The minimum Gasteiger partial charge on any atom is -0.324 e. The number of aromatic nitrogens is 4. The highest BCUT2D eigenvalue weighted by molar-refractivity contribution is 6.30. The van der Waals surface area contributed by atoms with E-state index >= 15 is 0 Å². The van der Waals surface area contributed by atoms with Gasteiger partial charge < -0.3 is 10.2 Å². The molecule has 0 unspecified atom stereocenters. The second-order valence-electron chi connectivity index (χ2n) is 6.42. The van der Waals surface area contributed by atoms with E-state index in [1.54, 1.807) is 11.1 Å². The van der Waals surface area contributed by atoms with Crippen LogP contribution in [0.5, 0.6) is 0 Å². The zero-order chi connectivity index (χ0) is 18.3. The number of carbonyl (C=O) groups excluding carboxylic acids is 1. The lowest BCUT2D eigenvalue weighted by atomic mass is 10.1. The molecule has 1 aliphatic rings. The summed E-state index contributed by atoms with van der Waals surface area (Å²) in [5.41, 5.74) is 0.662. The Balaban J connectivity index is 1.62. The maximum absolute atomic E-state index is 14.3. The van der Waals surface area contributed by atoms with Gasteiger partial charge in [0.1, 0.15) is 5.82 Å². The van der Waals surface area contributed by atoms with Crippen molar-refractivity contribution in [3.8, 4) is 11.4 Å². The van der Waals surface area contributed by atoms with Gasteiger partial charge in [-0.25, -0.2) is 18.7 Å². The molecule has 1 fully saturated rings. The zero-order valence-electron chi connectivity index (χ0n) is 14.0. The molecule has 1 aliphatic heterocycles. The number of anilines is 1. The molecule has 26 heavy (non-hydrogen) atoms. The van der Waals surface area contributed by atoms with Crippen LogP contribution in [0.4, 0.5) is 14.9 Å². The standard InChI is InChI=1S/C17H16ClFN6O/c1-10-4-5-24(8-10)17(26)21-12-2-3-14(19)13(6-12)15-22-16-20-7-11(18)9-25(16)23-15/h2-3,6-7,9-10H,4-5,8H2,1H3,(H,21,26)/t10-/m1/s1. The molecule has 3 heterocycles. The van der Waals surface area contributed by atoms with Crippen molar-refractivity contribution in [2.24, 2.45) is 5.92 Å². The predicted octanol–water partition coefficient (Wildman–Crippen LogP) is 3.46. The zero-order valence-corrected chi connectivity index (χ0v) is 14.7. The van der Waals surface area contributed by atoms with Gasteiger partial charge in [-0.3, -0.25) is 0 Å². The molecule has 1 atom stereocenters. The van der Waals surface area contributed by atoms with E-state index in [2.05, 4.69) is 27.3 Å². The van der Waals surface area contributed by atoms with Crippen molar-refractivity contribution in [2.75, 3.05) is 18.4 Å². The van der Waals surface area contributed by atoms with Crippen LogP contribution >= 0.6 is 11.6 Å². The third kappa shape index (κ3) is 3.20. The number of hydrogen-bond donors (Lipinski definition) is 1. The smallest absolute Gasteiger partial charge is 0.321 e. The van der Waals surface area contributed by atoms with Gasteiger partial charge in [-0.1, -0.05) is 18.5 Å². The number of nitrogens with one attached hydrogen (secondary N) is 1. The monoisotopic (exact) mass is 374 g/mol. The Morgan fingerprint density at radius 2 is 2.27 bits per heavy atom. The predicted molar refractivity (Wildman–Crippen MR) is 95.6 cm³/mol. The van der Waals surface area contributed by atoms with Gasteiger partial charge in [-0.05, 0) is 30.5 Å². The summed E-state index contributed by atoms with van der Waals surface area (Å²) < 4.78 is 15.7. The first kappa shape index (κ1) is 16.7. The molecule has 3 aromatic rings. The maximum Gasteiger partial charge on any atom is 0.321 e. The lowest BCUT2D eigenvalue weighted by Gasteiger charge is -2.17. The molecule has 2 amide bonds. The van der Waals surface area contributed by atoms with Crippen molar-refractivity contribution in [3.63, 3.8) is 0 Å². The van der Waals surface area contributed by atoms with Crippen LogP contribution in [0.3, 0.4) is 0 Å². The Bertz CT molecular complexity index is 991. The first-order valence-electron chi connectivity index (χ1n) is 8.23. The van der Waals surface area contributed by atoms with Gasteiger partial charge >= 0.3 is 6.03 Å². The van der Waals surface area contributed by atoms with E-state index in [1.807, 2.05) is 0 Å². The highest BCUT2D eigenvalue weighted by atomic mass is 35.5. The van der Waals surface area contributed by atoms with E-state index in [4.69, 9.17) is 11.6 Å². The second kappa shape index (κ2) is 6.53. The van der Waals surface area contributed by atoms with Crippen LogP contribution in [0.2, 0.25) is 5.02 Å². The highest BCUT2D eigenvalue weighted by Crippen LogP contribution is 2.25. The topological polar surface area (TPSA) is 75.4 Å². The van der Waals surface area contributed by atoms with E-state index in [0.29, 0.717) is 22.4 Å². The van der Waals surface area contributed by atoms with E-state index in [0.717, 1.165) is 19.5 Å². The third-order valence-corrected chi connectivity index (χ3v) is 4.53. The van der Waals surface area contributed by atoms with Crippen molar-refractivity contribution >= 4 is 29.1 Å². The van der Waals surface area contributed by atoms with Crippen LogP contribution < -0.4 is 5.32 Å². The number of carbonyl (C=O) groups is 1. The van der Waals surface area contributed by atoms with Crippen LogP contribution in [0.15, 0.2) is 30.6 Å². The Hall–Kier alpha value is -2.74. The van der Waals surface area contributed by atoms with Crippen LogP contribution in [0, 0.1) is 11.7 Å². The van der Waals surface area contributed by atoms with Crippen molar-refractivity contribution in [1.29, 1.82) is 0 Å². The van der Waals surface area contributed by atoms with E-state index < -0.39 is 5.82 Å². The normalized spacial score (nSPS) is 17.0. The van der Waals surface area contributed by atoms with E-state index in [-0.39, 0.29) is 17.4 Å². The summed E-state index contributed by atoms with van der Waals surface area (Å²) in [7, 11) is 0. The Morgan fingerprint density at radius 1 is 1.42 bits per heavy atom. The Kier molecular flexibility index (Phi) is 4.20. The van der Waals surface area contributed by atoms with Crippen molar-refractivity contribution in [3.05, 3.63) is 41.4 Å². The van der Waals surface area contributed by atoms with Crippen LogP contribution in [-0.4, -0.2) is 43.6 Å². The van der Waals surface area contributed by atoms with Crippen LogP contribution in [0.1, 0.15) is 13.3 Å². The lowest BCUT2D eigenvalue weighted by molar-refractivity contribution is 0.221. The highest BCUT2D eigenvalue weighted by Gasteiger charge is 2.23. The molecule has 9 heteroatoms. The molecular formula is C17H16ClFN6O. The number of fused-ring (bicyclic) bond motifs is 1. The Morgan fingerprint density at radius 3 is 3.04 bits per heavy atom. The number of hydrogen-bond acceptors (Lipinski definition) is 4. The van der Waals surface area contributed by atoms with Crippen molar-refractivity contribution < 1.29 is 9.18 Å². The molecule has 0 bridgehead atoms. The fourth-order valence-electron chi connectivity index (χ4n) is 2.97. The minimum atomic E-state index is -0.486. The number of benzene rings is 1. The largest absolute Gasteiger partial charge is 0.324 e. The van der Waals surface area contributed by atoms with Gasteiger partial charge in [0, 0.05) is 18.8 Å². The Labute approximate surface area is 153 Å². The van der Waals surface area contributed by atoms with Gasteiger partial charge in [0.05, 0.1) is 23.0 Å². The summed E-state index contributed by atoms with van der Waals surface area (Å²) in [6.45, 7) is 3.56. The van der Waals surface area contributed by atoms with Gasteiger partial charge in [-0.2, -0.15) is 4.98 Å². The third-order valence-electron chi connectivity index (χ3n) is 4.33. The van der Waals surface area contributed by atoms with Crippen LogP contribution in [-0.2, 0) is 0 Å². The van der Waals surface area contributed by atoms with E-state index in [9.17, 15) is 9.18 Å². The number of amides is 2.